The fourth-order valence-electron chi connectivity index (χ4n) is 1.29. The van der Waals surface area contributed by atoms with Gasteiger partial charge in [-0.25, -0.2) is 0 Å². The lowest BCUT2D eigenvalue weighted by molar-refractivity contribution is 0.134. The quantitative estimate of drug-likeness (QED) is 0.564. The SMILES string of the molecule is CCOCCC1CNCCN1. The smallest absolute Gasteiger partial charge is 0.0481 e. The monoisotopic (exact) mass is 158 g/mol. The first-order chi connectivity index (χ1) is 5.43. The molecule has 1 rings (SSSR count). The van der Waals surface area contributed by atoms with Crippen molar-refractivity contribution in [1.82, 2.24) is 10.6 Å². The van der Waals surface area contributed by atoms with Crippen molar-refractivity contribution in [3.8, 4) is 0 Å². The third-order valence-corrected chi connectivity index (χ3v) is 1.94. The lowest BCUT2D eigenvalue weighted by Gasteiger charge is -2.24. The van der Waals surface area contributed by atoms with Gasteiger partial charge >= 0.3 is 0 Å². The minimum absolute atomic E-state index is 0.621. The Morgan fingerprint density at radius 2 is 2.36 bits per heavy atom. The van der Waals surface area contributed by atoms with E-state index in [-0.39, 0.29) is 0 Å². The maximum atomic E-state index is 5.27. The van der Waals surface area contributed by atoms with E-state index in [4.69, 9.17) is 4.74 Å². The standard InChI is InChI=1S/C8H18N2O/c1-2-11-6-3-8-7-9-4-5-10-8/h8-10H,2-7H2,1H3. The molecule has 2 N–H and O–H groups in total. The third-order valence-electron chi connectivity index (χ3n) is 1.94. The molecule has 1 atom stereocenters. The first-order valence-corrected chi connectivity index (χ1v) is 4.45. The van der Waals surface area contributed by atoms with Crippen molar-refractivity contribution in [2.75, 3.05) is 32.8 Å². The van der Waals surface area contributed by atoms with E-state index in [9.17, 15) is 0 Å². The minimum Gasteiger partial charge on any atom is -0.382 e. The van der Waals surface area contributed by atoms with Crippen LogP contribution in [0.25, 0.3) is 0 Å². The van der Waals surface area contributed by atoms with Gasteiger partial charge in [0.15, 0.2) is 0 Å². The van der Waals surface area contributed by atoms with Crippen molar-refractivity contribution in [2.45, 2.75) is 19.4 Å². The van der Waals surface area contributed by atoms with Crippen molar-refractivity contribution in [3.05, 3.63) is 0 Å². The molecule has 1 aliphatic heterocycles. The second-order valence-corrected chi connectivity index (χ2v) is 2.84. The summed E-state index contributed by atoms with van der Waals surface area (Å²) in [6, 6.07) is 0.621. The summed E-state index contributed by atoms with van der Waals surface area (Å²) < 4.78 is 5.27. The molecule has 1 heterocycles. The molecule has 0 radical (unpaired) electrons. The van der Waals surface area contributed by atoms with Gasteiger partial charge in [0.25, 0.3) is 0 Å². The summed E-state index contributed by atoms with van der Waals surface area (Å²) in [6.45, 7) is 7.04. The van der Waals surface area contributed by atoms with Crippen molar-refractivity contribution in [1.29, 1.82) is 0 Å². The van der Waals surface area contributed by atoms with Crippen LogP contribution < -0.4 is 10.6 Å². The second kappa shape index (κ2) is 5.52. The van der Waals surface area contributed by atoms with E-state index in [1.807, 2.05) is 6.92 Å². The minimum atomic E-state index is 0.621. The Morgan fingerprint density at radius 3 is 3.00 bits per heavy atom. The van der Waals surface area contributed by atoms with Crippen LogP contribution in [0.2, 0.25) is 0 Å². The van der Waals surface area contributed by atoms with Gasteiger partial charge in [0, 0.05) is 38.9 Å². The lowest BCUT2D eigenvalue weighted by atomic mass is 10.2. The van der Waals surface area contributed by atoms with Gasteiger partial charge in [0.2, 0.25) is 0 Å². The molecule has 0 bridgehead atoms. The molecule has 1 unspecified atom stereocenters. The Morgan fingerprint density at radius 1 is 1.45 bits per heavy atom. The van der Waals surface area contributed by atoms with E-state index in [0.29, 0.717) is 6.04 Å². The summed E-state index contributed by atoms with van der Waals surface area (Å²) >= 11 is 0. The van der Waals surface area contributed by atoms with Crippen molar-refractivity contribution in [3.63, 3.8) is 0 Å². The van der Waals surface area contributed by atoms with Crippen LogP contribution in [0.15, 0.2) is 0 Å². The van der Waals surface area contributed by atoms with Gasteiger partial charge in [-0.2, -0.15) is 0 Å². The van der Waals surface area contributed by atoms with Crippen LogP contribution in [0.3, 0.4) is 0 Å². The molecule has 3 nitrogen and oxygen atoms in total. The molecule has 11 heavy (non-hydrogen) atoms. The molecule has 0 aromatic heterocycles. The Kier molecular flexibility index (Phi) is 4.50. The third kappa shape index (κ3) is 3.70. The second-order valence-electron chi connectivity index (χ2n) is 2.84. The lowest BCUT2D eigenvalue weighted by Crippen LogP contribution is -2.48. The van der Waals surface area contributed by atoms with E-state index < -0.39 is 0 Å². The Balaban J connectivity index is 1.96. The topological polar surface area (TPSA) is 33.3 Å². The summed E-state index contributed by atoms with van der Waals surface area (Å²) in [4.78, 5) is 0. The first kappa shape index (κ1) is 8.97. The fourth-order valence-corrected chi connectivity index (χ4v) is 1.29. The van der Waals surface area contributed by atoms with Crippen LogP contribution in [0.4, 0.5) is 0 Å². The van der Waals surface area contributed by atoms with Gasteiger partial charge in [-0.3, -0.25) is 0 Å². The zero-order valence-electron chi connectivity index (χ0n) is 7.23. The van der Waals surface area contributed by atoms with E-state index in [2.05, 4.69) is 10.6 Å². The maximum absolute atomic E-state index is 5.27. The molecule has 0 aromatic carbocycles. The predicted octanol–water partition coefficient (Wildman–Crippen LogP) is -0.0256. The van der Waals surface area contributed by atoms with Crippen LogP contribution in [0, 0.1) is 0 Å². The van der Waals surface area contributed by atoms with Crippen LogP contribution in [-0.4, -0.2) is 38.9 Å². The molecule has 0 spiro atoms. The van der Waals surface area contributed by atoms with Gasteiger partial charge in [-0.15, -0.1) is 0 Å². The summed E-state index contributed by atoms with van der Waals surface area (Å²) in [7, 11) is 0. The highest BCUT2D eigenvalue weighted by Gasteiger charge is 2.10. The van der Waals surface area contributed by atoms with Crippen LogP contribution in [0.1, 0.15) is 13.3 Å². The molecular weight excluding hydrogens is 140 g/mol. The Hall–Kier alpha value is -0.120. The highest BCUT2D eigenvalue weighted by Crippen LogP contribution is 1.94. The van der Waals surface area contributed by atoms with E-state index in [1.54, 1.807) is 0 Å². The number of nitrogens with one attached hydrogen (secondary N) is 2. The largest absolute Gasteiger partial charge is 0.382 e. The summed E-state index contributed by atoms with van der Waals surface area (Å²) in [5.41, 5.74) is 0. The zero-order chi connectivity index (χ0) is 7.94. The molecule has 0 aromatic rings. The average Bonchev–Trinajstić information content (AvgIpc) is 2.07. The van der Waals surface area contributed by atoms with Crippen LogP contribution >= 0.6 is 0 Å². The Bertz CT molecular complexity index is 92.1. The fraction of sp³-hybridized carbons (Fsp3) is 1.00. The van der Waals surface area contributed by atoms with E-state index >= 15 is 0 Å². The molecule has 66 valence electrons. The van der Waals surface area contributed by atoms with E-state index in [0.717, 1.165) is 39.3 Å². The van der Waals surface area contributed by atoms with Gasteiger partial charge in [-0.05, 0) is 13.3 Å². The number of ether oxygens (including phenoxy) is 1. The predicted molar refractivity (Wildman–Crippen MR) is 45.8 cm³/mol. The number of hydrogen-bond donors (Lipinski definition) is 2. The molecule has 0 aliphatic carbocycles. The summed E-state index contributed by atoms with van der Waals surface area (Å²) in [6.07, 6.45) is 1.13. The van der Waals surface area contributed by atoms with Gasteiger partial charge in [-0.1, -0.05) is 0 Å². The molecule has 1 fully saturated rings. The average molecular weight is 158 g/mol. The van der Waals surface area contributed by atoms with Gasteiger partial charge in [0.05, 0.1) is 0 Å². The Labute approximate surface area is 68.5 Å². The highest BCUT2D eigenvalue weighted by molar-refractivity contribution is 4.74. The maximum Gasteiger partial charge on any atom is 0.0481 e. The molecule has 0 amide bonds. The van der Waals surface area contributed by atoms with Crippen molar-refractivity contribution in [2.24, 2.45) is 0 Å². The number of piperazine rings is 1. The van der Waals surface area contributed by atoms with Crippen molar-refractivity contribution < 1.29 is 4.74 Å². The number of rotatable bonds is 4. The molecular formula is C8H18N2O. The number of hydrogen-bond acceptors (Lipinski definition) is 3. The molecule has 1 saturated heterocycles. The molecule has 0 saturated carbocycles. The normalized spacial score (nSPS) is 25.4. The summed E-state index contributed by atoms with van der Waals surface area (Å²) in [5.74, 6) is 0. The molecule has 1 aliphatic rings. The van der Waals surface area contributed by atoms with Gasteiger partial charge < -0.3 is 15.4 Å². The van der Waals surface area contributed by atoms with Gasteiger partial charge in [0.1, 0.15) is 0 Å². The van der Waals surface area contributed by atoms with E-state index in [1.165, 1.54) is 0 Å². The zero-order valence-corrected chi connectivity index (χ0v) is 7.23. The van der Waals surface area contributed by atoms with Crippen LogP contribution in [0.5, 0.6) is 0 Å². The van der Waals surface area contributed by atoms with Crippen LogP contribution in [-0.2, 0) is 4.74 Å². The first-order valence-electron chi connectivity index (χ1n) is 4.45. The summed E-state index contributed by atoms with van der Waals surface area (Å²) in [5, 5.41) is 6.78. The highest BCUT2D eigenvalue weighted by atomic mass is 16.5. The molecule has 3 heteroatoms. The van der Waals surface area contributed by atoms with Crippen molar-refractivity contribution >= 4 is 0 Å².